The molecule has 4 aromatic rings. The van der Waals surface area contributed by atoms with Gasteiger partial charge in [-0.15, -0.1) is 0 Å². The summed E-state index contributed by atoms with van der Waals surface area (Å²) in [5.41, 5.74) is 11.5. The van der Waals surface area contributed by atoms with Crippen LogP contribution >= 0.6 is 0 Å². The molecule has 1 aromatic carbocycles. The van der Waals surface area contributed by atoms with E-state index in [0.29, 0.717) is 28.7 Å². The zero-order valence-corrected chi connectivity index (χ0v) is 21.1. The van der Waals surface area contributed by atoms with Crippen LogP contribution in [0.25, 0.3) is 39.5 Å². The molecule has 3 aromatic heterocycles. The summed E-state index contributed by atoms with van der Waals surface area (Å²) in [6.07, 6.45) is 4.43. The van der Waals surface area contributed by atoms with Gasteiger partial charge in [-0.05, 0) is 54.5 Å². The Morgan fingerprint density at radius 2 is 2.09 bits per heavy atom. The number of aromatic nitrogens is 7. The van der Waals surface area contributed by atoms with E-state index >= 15 is 0 Å². The molecule has 2 aliphatic rings. The quantitative estimate of drug-likeness (QED) is 0.280. The van der Waals surface area contributed by atoms with Crippen molar-refractivity contribution in [3.8, 4) is 22.9 Å². The van der Waals surface area contributed by atoms with Crippen LogP contribution in [0.4, 0.5) is 0 Å². The SMILES string of the molecule is C=C(N)c1cc(-c2n[nH]c(-c3cc(C)nn3[CH2-])n2)c2cnn(CC3CC4(CNC4)C3)c2c1.[Na+]. The van der Waals surface area contributed by atoms with Crippen LogP contribution in [0.15, 0.2) is 31.0 Å². The van der Waals surface area contributed by atoms with Crippen LogP contribution in [0, 0.1) is 25.3 Å². The molecular formula is C23H26N9Na. The van der Waals surface area contributed by atoms with E-state index in [1.165, 1.54) is 12.8 Å². The van der Waals surface area contributed by atoms with Crippen LogP contribution in [-0.4, -0.2) is 47.8 Å². The molecule has 33 heavy (non-hydrogen) atoms. The van der Waals surface area contributed by atoms with Crippen LogP contribution in [0.5, 0.6) is 0 Å². The summed E-state index contributed by atoms with van der Waals surface area (Å²) in [5.74, 6) is 1.85. The number of aryl methyl sites for hydroxylation is 1. The fourth-order valence-corrected chi connectivity index (χ4v) is 5.23. The Morgan fingerprint density at radius 3 is 2.73 bits per heavy atom. The number of nitrogens with zero attached hydrogens (tertiary/aromatic N) is 6. The molecule has 1 spiro atoms. The van der Waals surface area contributed by atoms with Crippen molar-refractivity contribution in [2.45, 2.75) is 26.3 Å². The summed E-state index contributed by atoms with van der Waals surface area (Å²) in [4.78, 5) is 4.73. The van der Waals surface area contributed by atoms with Crippen molar-refractivity contribution in [2.75, 3.05) is 13.1 Å². The van der Waals surface area contributed by atoms with E-state index in [1.54, 1.807) is 4.68 Å². The second-order valence-corrected chi connectivity index (χ2v) is 9.36. The number of hydrogen-bond donors (Lipinski definition) is 3. The molecule has 0 radical (unpaired) electrons. The predicted octanol–water partition coefficient (Wildman–Crippen LogP) is -0.434. The Hall–Kier alpha value is -2.59. The van der Waals surface area contributed by atoms with E-state index in [0.717, 1.165) is 53.1 Å². The third kappa shape index (κ3) is 3.69. The Morgan fingerprint density at radius 1 is 1.30 bits per heavy atom. The molecule has 1 saturated heterocycles. The topological polar surface area (TPSA) is 115 Å². The normalized spacial score (nSPS) is 17.0. The molecule has 4 heterocycles. The second kappa shape index (κ2) is 8.02. The molecule has 0 bridgehead atoms. The molecular weight excluding hydrogens is 425 g/mol. The standard InChI is InChI=1S/C23H26N9.Na/c1-13-4-20(31(3)30-13)22-27-21(28-29-22)17-5-16(14(2)24)6-19-18(17)9-26-32(19)10-15-7-23(8-15)11-25-12-23;/h4-6,9,15,25H,2-3,7-8,10-12,24H2,1H3,(H,27,28,29);/q-1;+1. The van der Waals surface area contributed by atoms with Crippen LogP contribution in [0.3, 0.4) is 0 Å². The minimum Gasteiger partial charge on any atom is -0.399 e. The van der Waals surface area contributed by atoms with E-state index in [9.17, 15) is 0 Å². The maximum atomic E-state index is 6.09. The summed E-state index contributed by atoms with van der Waals surface area (Å²) in [7, 11) is 3.92. The number of benzene rings is 1. The van der Waals surface area contributed by atoms with Gasteiger partial charge in [0, 0.05) is 42.0 Å². The van der Waals surface area contributed by atoms with Crippen LogP contribution < -0.4 is 40.6 Å². The number of nitrogens with two attached hydrogens (primary N) is 1. The fourth-order valence-electron chi connectivity index (χ4n) is 5.23. The Bertz CT molecular complexity index is 1350. The molecule has 6 rings (SSSR count). The van der Waals surface area contributed by atoms with E-state index in [4.69, 9.17) is 15.8 Å². The molecule has 0 atom stereocenters. The average molecular weight is 452 g/mol. The van der Waals surface area contributed by atoms with Crippen LogP contribution in [0.1, 0.15) is 24.1 Å². The minimum absolute atomic E-state index is 0. The van der Waals surface area contributed by atoms with Crippen molar-refractivity contribution in [3.05, 3.63) is 49.3 Å². The zero-order chi connectivity index (χ0) is 22.0. The van der Waals surface area contributed by atoms with Gasteiger partial charge in [-0.2, -0.15) is 17.2 Å². The summed E-state index contributed by atoms with van der Waals surface area (Å²) in [5, 5.41) is 20.9. The number of nitrogens with one attached hydrogen (secondary N) is 2. The van der Waals surface area contributed by atoms with E-state index in [2.05, 4.69) is 45.0 Å². The van der Waals surface area contributed by atoms with Crippen LogP contribution in [-0.2, 0) is 6.54 Å². The number of H-pyrrole nitrogens is 1. The Kier molecular flexibility index (Phi) is 5.40. The smallest absolute Gasteiger partial charge is 0.399 e. The number of fused-ring (bicyclic) bond motifs is 1. The number of aromatic amines is 1. The Labute approximate surface area is 214 Å². The summed E-state index contributed by atoms with van der Waals surface area (Å²) >= 11 is 0. The monoisotopic (exact) mass is 451 g/mol. The third-order valence-corrected chi connectivity index (χ3v) is 6.88. The van der Waals surface area contributed by atoms with Gasteiger partial charge in [0.15, 0.2) is 5.82 Å². The molecule has 1 aliphatic heterocycles. The molecule has 0 unspecified atom stereocenters. The van der Waals surface area contributed by atoms with Gasteiger partial charge < -0.3 is 15.7 Å². The molecule has 9 nitrogen and oxygen atoms in total. The fraction of sp³-hybridized carbons (Fsp3) is 0.348. The predicted molar refractivity (Wildman–Crippen MR) is 123 cm³/mol. The van der Waals surface area contributed by atoms with Crippen molar-refractivity contribution < 1.29 is 29.6 Å². The van der Waals surface area contributed by atoms with Gasteiger partial charge in [0.1, 0.15) is 0 Å². The molecule has 1 saturated carbocycles. The molecule has 164 valence electrons. The summed E-state index contributed by atoms with van der Waals surface area (Å²) in [6, 6.07) is 5.97. The first kappa shape index (κ1) is 22.2. The van der Waals surface area contributed by atoms with Crippen molar-refractivity contribution in [1.29, 1.82) is 0 Å². The van der Waals surface area contributed by atoms with Gasteiger partial charge in [-0.25, -0.2) is 10.1 Å². The Balaban J connectivity index is 0.00000228. The number of hydrogen-bond acceptors (Lipinski definition) is 6. The van der Waals surface area contributed by atoms with Crippen molar-refractivity contribution >= 4 is 16.6 Å². The van der Waals surface area contributed by atoms with Crippen molar-refractivity contribution in [2.24, 2.45) is 17.1 Å². The summed E-state index contributed by atoms with van der Waals surface area (Å²) < 4.78 is 3.64. The van der Waals surface area contributed by atoms with Crippen molar-refractivity contribution in [1.82, 2.24) is 40.1 Å². The van der Waals surface area contributed by atoms with Gasteiger partial charge >= 0.3 is 29.6 Å². The van der Waals surface area contributed by atoms with E-state index in [-0.39, 0.29) is 29.6 Å². The molecule has 0 amide bonds. The first-order chi connectivity index (χ1) is 15.4. The molecule has 1 aliphatic carbocycles. The van der Waals surface area contributed by atoms with Gasteiger partial charge in [-0.3, -0.25) is 9.78 Å². The van der Waals surface area contributed by atoms with Gasteiger partial charge in [-0.1, -0.05) is 12.6 Å². The van der Waals surface area contributed by atoms with E-state index < -0.39 is 0 Å². The zero-order valence-electron chi connectivity index (χ0n) is 19.1. The summed E-state index contributed by atoms with van der Waals surface area (Å²) in [6.45, 7) is 9.09. The first-order valence-corrected chi connectivity index (χ1v) is 10.9. The molecule has 2 fully saturated rings. The minimum atomic E-state index is 0. The van der Waals surface area contributed by atoms with Crippen molar-refractivity contribution in [3.63, 3.8) is 0 Å². The van der Waals surface area contributed by atoms with Gasteiger partial charge in [0.25, 0.3) is 0 Å². The average Bonchev–Trinajstić information content (AvgIpc) is 3.40. The molecule has 10 heteroatoms. The largest absolute Gasteiger partial charge is 1.00 e. The van der Waals surface area contributed by atoms with E-state index in [1.807, 2.05) is 25.3 Å². The maximum Gasteiger partial charge on any atom is 1.00 e. The number of rotatable bonds is 5. The van der Waals surface area contributed by atoms with Gasteiger partial charge in [0.05, 0.1) is 17.5 Å². The van der Waals surface area contributed by atoms with Gasteiger partial charge in [0.2, 0.25) is 0 Å². The van der Waals surface area contributed by atoms with Crippen LogP contribution in [0.2, 0.25) is 0 Å². The molecule has 4 N–H and O–H groups in total. The first-order valence-electron chi connectivity index (χ1n) is 10.9. The third-order valence-electron chi connectivity index (χ3n) is 6.88. The second-order valence-electron chi connectivity index (χ2n) is 9.36. The maximum absolute atomic E-state index is 6.09.